The molecule has 5 rings (SSSR count). The number of esters is 1. The molecule has 3 aliphatic heterocycles. The first-order chi connectivity index (χ1) is 15.6. The van der Waals surface area contributed by atoms with Crippen LogP contribution in [0.1, 0.15) is 16.6 Å². The standard InChI is InChI=1S/C23H23NO6S2/c1-27-19-10-14(23-31-8-9-32-23)2-4-18(19)30-22(26)15-11-21(25)24(13-15)16-3-5-17-20(12-16)29-7-6-28-17/h2-5,10,12,15,23H,6-9,11,13H2,1H3/t15-/m1/s1. The van der Waals surface area contributed by atoms with Crippen molar-refractivity contribution in [3.63, 3.8) is 0 Å². The van der Waals surface area contributed by atoms with E-state index < -0.39 is 11.9 Å². The van der Waals surface area contributed by atoms with Crippen LogP contribution in [0.4, 0.5) is 5.69 Å². The Morgan fingerprint density at radius 1 is 1.03 bits per heavy atom. The van der Waals surface area contributed by atoms with E-state index >= 15 is 0 Å². The van der Waals surface area contributed by atoms with Crippen molar-refractivity contribution in [3.05, 3.63) is 42.0 Å². The second kappa shape index (κ2) is 9.15. The lowest BCUT2D eigenvalue weighted by Crippen LogP contribution is -2.27. The van der Waals surface area contributed by atoms with Gasteiger partial charge in [-0.25, -0.2) is 0 Å². The summed E-state index contributed by atoms with van der Waals surface area (Å²) < 4.78 is 22.7. The molecule has 9 heteroatoms. The highest BCUT2D eigenvalue weighted by Gasteiger charge is 2.37. The molecule has 2 aromatic carbocycles. The first-order valence-electron chi connectivity index (χ1n) is 10.5. The Morgan fingerprint density at radius 3 is 2.59 bits per heavy atom. The number of nitrogens with zero attached hydrogens (tertiary/aromatic N) is 1. The van der Waals surface area contributed by atoms with E-state index in [0.717, 1.165) is 17.1 Å². The van der Waals surface area contributed by atoms with E-state index in [9.17, 15) is 9.59 Å². The first kappa shape index (κ1) is 21.3. The summed E-state index contributed by atoms with van der Waals surface area (Å²) >= 11 is 3.80. The third-order valence-corrected chi connectivity index (χ3v) is 8.69. The van der Waals surface area contributed by atoms with Crippen LogP contribution in [-0.2, 0) is 9.59 Å². The lowest BCUT2D eigenvalue weighted by molar-refractivity contribution is -0.139. The average molecular weight is 474 g/mol. The molecule has 0 aromatic heterocycles. The molecule has 1 amide bonds. The molecule has 2 aromatic rings. The zero-order chi connectivity index (χ0) is 22.1. The van der Waals surface area contributed by atoms with Gasteiger partial charge in [-0.1, -0.05) is 6.07 Å². The van der Waals surface area contributed by atoms with Gasteiger partial charge >= 0.3 is 5.97 Å². The van der Waals surface area contributed by atoms with E-state index in [0.29, 0.717) is 46.5 Å². The van der Waals surface area contributed by atoms with E-state index in [4.69, 9.17) is 18.9 Å². The zero-order valence-corrected chi connectivity index (χ0v) is 19.2. The predicted molar refractivity (Wildman–Crippen MR) is 124 cm³/mol. The van der Waals surface area contributed by atoms with E-state index in [1.165, 1.54) is 0 Å². The van der Waals surface area contributed by atoms with E-state index in [1.807, 2.05) is 35.7 Å². The number of ether oxygens (including phenoxy) is 4. The summed E-state index contributed by atoms with van der Waals surface area (Å²) in [7, 11) is 1.56. The van der Waals surface area contributed by atoms with Gasteiger partial charge in [-0.2, -0.15) is 0 Å². The van der Waals surface area contributed by atoms with Crippen molar-refractivity contribution in [2.24, 2.45) is 5.92 Å². The van der Waals surface area contributed by atoms with Crippen LogP contribution >= 0.6 is 23.5 Å². The molecular weight excluding hydrogens is 450 g/mol. The summed E-state index contributed by atoms with van der Waals surface area (Å²) in [5.74, 6) is 3.31. The Labute approximate surface area is 194 Å². The van der Waals surface area contributed by atoms with Crippen molar-refractivity contribution < 1.29 is 28.5 Å². The maximum absolute atomic E-state index is 12.9. The van der Waals surface area contributed by atoms with Gasteiger partial charge in [-0.05, 0) is 29.8 Å². The maximum Gasteiger partial charge on any atom is 0.316 e. The van der Waals surface area contributed by atoms with Crippen LogP contribution in [0.3, 0.4) is 0 Å². The molecule has 0 unspecified atom stereocenters. The topological polar surface area (TPSA) is 74.3 Å². The van der Waals surface area contributed by atoms with Gasteiger partial charge in [0.1, 0.15) is 13.2 Å². The number of hydrogen-bond donors (Lipinski definition) is 0. The normalized spacial score (nSPS) is 20.5. The van der Waals surface area contributed by atoms with Crippen LogP contribution in [-0.4, -0.2) is 50.3 Å². The lowest BCUT2D eigenvalue weighted by atomic mass is 10.1. The number of carbonyl (C=O) groups excluding carboxylic acids is 2. The molecule has 0 spiro atoms. The SMILES string of the molecule is COc1cc(C2SCCS2)ccc1OC(=O)[C@@H]1CC(=O)N(c2ccc3c(c2)OCCO3)C1. The van der Waals surface area contributed by atoms with Gasteiger partial charge in [0, 0.05) is 36.2 Å². The van der Waals surface area contributed by atoms with Crippen molar-refractivity contribution >= 4 is 41.1 Å². The minimum absolute atomic E-state index is 0.100. The molecule has 1 atom stereocenters. The van der Waals surface area contributed by atoms with Crippen LogP contribution in [0.5, 0.6) is 23.0 Å². The van der Waals surface area contributed by atoms with Crippen molar-refractivity contribution in [1.82, 2.24) is 0 Å². The van der Waals surface area contributed by atoms with Gasteiger partial charge < -0.3 is 23.8 Å². The van der Waals surface area contributed by atoms with Crippen LogP contribution in [0, 0.1) is 5.92 Å². The first-order valence-corrected chi connectivity index (χ1v) is 12.5. The highest BCUT2D eigenvalue weighted by molar-refractivity contribution is 8.19. The fourth-order valence-electron chi connectivity index (χ4n) is 3.97. The Morgan fingerprint density at radius 2 is 1.81 bits per heavy atom. The summed E-state index contributed by atoms with van der Waals surface area (Å²) in [5.41, 5.74) is 1.83. The van der Waals surface area contributed by atoms with Crippen molar-refractivity contribution in [3.8, 4) is 23.0 Å². The molecular formula is C23H23NO6S2. The fraction of sp³-hybridized carbons (Fsp3) is 0.391. The van der Waals surface area contributed by atoms with E-state index in [-0.39, 0.29) is 18.9 Å². The van der Waals surface area contributed by atoms with Crippen molar-refractivity contribution in [2.45, 2.75) is 11.0 Å². The molecule has 3 heterocycles. The Bertz CT molecular complexity index is 1040. The summed E-state index contributed by atoms with van der Waals surface area (Å²) in [5, 5.41) is 0. The molecule has 0 saturated carbocycles. The van der Waals surface area contributed by atoms with E-state index in [1.54, 1.807) is 36.3 Å². The number of anilines is 1. The molecule has 0 aliphatic carbocycles. The summed E-state index contributed by atoms with van der Waals surface area (Å²) in [6.07, 6.45) is 0.100. The number of benzene rings is 2. The third kappa shape index (κ3) is 4.23. The Balaban J connectivity index is 1.28. The van der Waals surface area contributed by atoms with Gasteiger partial charge in [-0.3, -0.25) is 9.59 Å². The number of methoxy groups -OCH3 is 1. The number of hydrogen-bond acceptors (Lipinski definition) is 8. The summed E-state index contributed by atoms with van der Waals surface area (Å²) in [4.78, 5) is 27.1. The second-order valence-electron chi connectivity index (χ2n) is 7.64. The smallest absolute Gasteiger partial charge is 0.316 e. The number of thioether (sulfide) groups is 2. The molecule has 3 aliphatic rings. The largest absolute Gasteiger partial charge is 0.493 e. The average Bonchev–Trinajstić information content (AvgIpc) is 3.49. The summed E-state index contributed by atoms with van der Waals surface area (Å²) in [6, 6.07) is 11.1. The lowest BCUT2D eigenvalue weighted by Gasteiger charge is -2.22. The van der Waals surface area contributed by atoms with Gasteiger partial charge in [-0.15, -0.1) is 23.5 Å². The Kier molecular flexibility index (Phi) is 6.10. The van der Waals surface area contributed by atoms with Gasteiger partial charge in [0.05, 0.1) is 17.6 Å². The van der Waals surface area contributed by atoms with Gasteiger partial charge in [0.25, 0.3) is 0 Å². The van der Waals surface area contributed by atoms with Crippen LogP contribution in [0.2, 0.25) is 0 Å². The molecule has 168 valence electrons. The third-order valence-electron chi connectivity index (χ3n) is 5.59. The number of amides is 1. The zero-order valence-electron chi connectivity index (χ0n) is 17.6. The van der Waals surface area contributed by atoms with Crippen molar-refractivity contribution in [2.75, 3.05) is 43.3 Å². The number of rotatable bonds is 5. The molecule has 2 saturated heterocycles. The molecule has 32 heavy (non-hydrogen) atoms. The van der Waals surface area contributed by atoms with E-state index in [2.05, 4.69) is 0 Å². The molecule has 0 N–H and O–H groups in total. The quantitative estimate of drug-likeness (QED) is 0.478. The van der Waals surface area contributed by atoms with Crippen molar-refractivity contribution in [1.29, 1.82) is 0 Å². The second-order valence-corrected chi connectivity index (χ2v) is 10.4. The fourth-order valence-corrected chi connectivity index (χ4v) is 6.81. The number of fused-ring (bicyclic) bond motifs is 1. The molecule has 2 fully saturated rings. The molecule has 0 radical (unpaired) electrons. The van der Waals surface area contributed by atoms with Crippen LogP contribution in [0.15, 0.2) is 36.4 Å². The maximum atomic E-state index is 12.9. The minimum Gasteiger partial charge on any atom is -0.493 e. The highest BCUT2D eigenvalue weighted by atomic mass is 32.2. The summed E-state index contributed by atoms with van der Waals surface area (Å²) in [6.45, 7) is 1.23. The van der Waals surface area contributed by atoms with Gasteiger partial charge in [0.2, 0.25) is 5.91 Å². The number of carbonyl (C=O) groups is 2. The molecule has 0 bridgehead atoms. The minimum atomic E-state index is -0.555. The van der Waals surface area contributed by atoms with Gasteiger partial charge in [0.15, 0.2) is 23.0 Å². The molecule has 7 nitrogen and oxygen atoms in total. The predicted octanol–water partition coefficient (Wildman–Crippen LogP) is 3.90. The Hall–Kier alpha value is -2.52. The van der Waals surface area contributed by atoms with Crippen LogP contribution in [0.25, 0.3) is 0 Å². The highest BCUT2D eigenvalue weighted by Crippen LogP contribution is 2.47. The monoisotopic (exact) mass is 473 g/mol. The van der Waals surface area contributed by atoms with Crippen LogP contribution < -0.4 is 23.8 Å².